The van der Waals surface area contributed by atoms with Gasteiger partial charge in [0.25, 0.3) is 0 Å². The SMILES string of the molecule is Cc1nc(NN)cc(N2CCc3sccc3C2)n1. The molecule has 0 atom stereocenters. The molecule has 0 bridgehead atoms. The molecule has 0 spiro atoms. The number of aromatic nitrogens is 2. The molecule has 0 fully saturated rings. The van der Waals surface area contributed by atoms with Crippen LogP contribution in [0.1, 0.15) is 16.3 Å². The Bertz CT molecular complexity index is 565. The highest BCUT2D eigenvalue weighted by atomic mass is 32.1. The predicted octanol–water partition coefficient (Wildman–Crippen LogP) is 1.69. The first-order valence-corrected chi connectivity index (χ1v) is 6.77. The van der Waals surface area contributed by atoms with E-state index in [1.165, 1.54) is 10.4 Å². The van der Waals surface area contributed by atoms with Gasteiger partial charge in [0.2, 0.25) is 0 Å². The van der Waals surface area contributed by atoms with Crippen LogP contribution in [-0.4, -0.2) is 16.5 Å². The molecule has 94 valence electrons. The lowest BCUT2D eigenvalue weighted by Gasteiger charge is -2.28. The lowest BCUT2D eigenvalue weighted by molar-refractivity contribution is 0.728. The van der Waals surface area contributed by atoms with Gasteiger partial charge in [0.1, 0.15) is 17.5 Å². The molecule has 0 unspecified atom stereocenters. The summed E-state index contributed by atoms with van der Waals surface area (Å²) in [5, 5.41) is 2.16. The Kier molecular flexibility index (Phi) is 2.89. The van der Waals surface area contributed by atoms with E-state index in [9.17, 15) is 0 Å². The Labute approximate surface area is 110 Å². The third-order valence-corrected chi connectivity index (χ3v) is 4.13. The Morgan fingerprint density at radius 2 is 2.33 bits per heavy atom. The van der Waals surface area contributed by atoms with Crippen molar-refractivity contribution in [3.8, 4) is 0 Å². The van der Waals surface area contributed by atoms with Gasteiger partial charge in [-0.2, -0.15) is 0 Å². The summed E-state index contributed by atoms with van der Waals surface area (Å²) in [7, 11) is 0. The molecule has 0 radical (unpaired) electrons. The summed E-state index contributed by atoms with van der Waals surface area (Å²) in [6.07, 6.45) is 1.08. The van der Waals surface area contributed by atoms with E-state index >= 15 is 0 Å². The summed E-state index contributed by atoms with van der Waals surface area (Å²) in [5.41, 5.74) is 3.99. The van der Waals surface area contributed by atoms with Crippen molar-refractivity contribution in [2.24, 2.45) is 5.84 Å². The zero-order valence-electron chi connectivity index (χ0n) is 10.2. The standard InChI is InChI=1S/C12H15N5S/c1-8-14-11(16-13)6-12(15-8)17-4-2-10-9(7-17)3-5-18-10/h3,5-6H,2,4,7,13H2,1H3,(H,14,15,16). The van der Waals surface area contributed by atoms with Gasteiger partial charge >= 0.3 is 0 Å². The molecule has 3 heterocycles. The zero-order chi connectivity index (χ0) is 12.5. The number of nitrogen functional groups attached to an aromatic ring is 1. The number of hydrogen-bond donors (Lipinski definition) is 2. The number of thiophene rings is 1. The highest BCUT2D eigenvalue weighted by molar-refractivity contribution is 7.10. The van der Waals surface area contributed by atoms with Crippen molar-refractivity contribution in [3.63, 3.8) is 0 Å². The van der Waals surface area contributed by atoms with Crippen molar-refractivity contribution < 1.29 is 0 Å². The normalized spacial score (nSPS) is 14.4. The topological polar surface area (TPSA) is 67.1 Å². The van der Waals surface area contributed by atoms with E-state index < -0.39 is 0 Å². The predicted molar refractivity (Wildman–Crippen MR) is 73.7 cm³/mol. The van der Waals surface area contributed by atoms with Crippen LogP contribution in [0.3, 0.4) is 0 Å². The summed E-state index contributed by atoms with van der Waals surface area (Å²) in [6.45, 7) is 3.79. The molecular weight excluding hydrogens is 246 g/mol. The highest BCUT2D eigenvalue weighted by Gasteiger charge is 2.19. The molecule has 0 amide bonds. The lowest BCUT2D eigenvalue weighted by atomic mass is 10.1. The fourth-order valence-electron chi connectivity index (χ4n) is 2.23. The van der Waals surface area contributed by atoms with Crippen LogP contribution in [0, 0.1) is 6.92 Å². The van der Waals surface area contributed by atoms with Gasteiger partial charge in [0.05, 0.1) is 0 Å². The number of hydrogen-bond acceptors (Lipinski definition) is 6. The van der Waals surface area contributed by atoms with Crippen molar-refractivity contribution in [3.05, 3.63) is 33.8 Å². The molecule has 3 N–H and O–H groups in total. The third-order valence-electron chi connectivity index (χ3n) is 3.10. The summed E-state index contributed by atoms with van der Waals surface area (Å²) < 4.78 is 0. The van der Waals surface area contributed by atoms with Crippen LogP contribution in [0.2, 0.25) is 0 Å². The first-order chi connectivity index (χ1) is 8.76. The summed E-state index contributed by atoms with van der Waals surface area (Å²) in [4.78, 5) is 12.5. The average Bonchev–Trinajstić information content (AvgIpc) is 2.85. The molecule has 0 saturated heterocycles. The van der Waals surface area contributed by atoms with Crippen LogP contribution < -0.4 is 16.2 Å². The maximum atomic E-state index is 5.42. The van der Waals surface area contributed by atoms with Gasteiger partial charge in [-0.1, -0.05) is 0 Å². The van der Waals surface area contributed by atoms with Crippen LogP contribution in [0.4, 0.5) is 11.6 Å². The quantitative estimate of drug-likeness (QED) is 0.636. The number of anilines is 2. The van der Waals surface area contributed by atoms with Crippen molar-refractivity contribution in [1.82, 2.24) is 9.97 Å². The molecule has 1 aliphatic heterocycles. The Morgan fingerprint density at radius 1 is 1.44 bits per heavy atom. The molecular formula is C12H15N5S. The van der Waals surface area contributed by atoms with E-state index in [0.717, 1.165) is 31.2 Å². The summed E-state index contributed by atoms with van der Waals surface area (Å²) in [6, 6.07) is 4.09. The van der Waals surface area contributed by atoms with Crippen molar-refractivity contribution in [1.29, 1.82) is 0 Å². The smallest absolute Gasteiger partial charge is 0.145 e. The number of nitrogens with zero attached hydrogens (tertiary/aromatic N) is 3. The van der Waals surface area contributed by atoms with Crippen molar-refractivity contribution >= 4 is 23.0 Å². The van der Waals surface area contributed by atoms with Crippen molar-refractivity contribution in [2.45, 2.75) is 19.9 Å². The second-order valence-electron chi connectivity index (χ2n) is 4.34. The van der Waals surface area contributed by atoms with E-state index in [0.29, 0.717) is 5.82 Å². The van der Waals surface area contributed by atoms with Gasteiger partial charge in [0.15, 0.2) is 0 Å². The second kappa shape index (κ2) is 4.55. The zero-order valence-corrected chi connectivity index (χ0v) is 11.0. The molecule has 18 heavy (non-hydrogen) atoms. The monoisotopic (exact) mass is 261 g/mol. The van der Waals surface area contributed by atoms with Crippen molar-refractivity contribution in [2.75, 3.05) is 16.9 Å². The van der Waals surface area contributed by atoms with Crippen LogP contribution in [-0.2, 0) is 13.0 Å². The minimum atomic E-state index is 0.661. The molecule has 0 saturated carbocycles. The molecule has 5 nitrogen and oxygen atoms in total. The van der Waals surface area contributed by atoms with E-state index in [2.05, 4.69) is 31.7 Å². The van der Waals surface area contributed by atoms with Gasteiger partial charge in [-0.3, -0.25) is 0 Å². The molecule has 3 rings (SSSR count). The Hall–Kier alpha value is -1.66. The molecule has 2 aromatic heterocycles. The Morgan fingerprint density at radius 3 is 3.17 bits per heavy atom. The van der Waals surface area contributed by atoms with Crippen LogP contribution in [0.15, 0.2) is 17.5 Å². The number of hydrazine groups is 1. The maximum Gasteiger partial charge on any atom is 0.145 e. The van der Waals surface area contributed by atoms with E-state index in [-0.39, 0.29) is 0 Å². The lowest BCUT2D eigenvalue weighted by Crippen LogP contribution is -2.30. The molecule has 2 aromatic rings. The average molecular weight is 261 g/mol. The first-order valence-electron chi connectivity index (χ1n) is 5.89. The second-order valence-corrected chi connectivity index (χ2v) is 5.34. The third kappa shape index (κ3) is 2.04. The molecule has 0 aromatic carbocycles. The largest absolute Gasteiger partial charge is 0.352 e. The van der Waals surface area contributed by atoms with Gasteiger partial charge in [-0.05, 0) is 30.4 Å². The highest BCUT2D eigenvalue weighted by Crippen LogP contribution is 2.27. The first kappa shape index (κ1) is 11.4. The maximum absolute atomic E-state index is 5.42. The van der Waals surface area contributed by atoms with E-state index in [1.807, 2.05) is 24.3 Å². The Balaban J connectivity index is 1.90. The van der Waals surface area contributed by atoms with Gasteiger partial charge < -0.3 is 10.3 Å². The number of aryl methyl sites for hydroxylation is 1. The van der Waals surface area contributed by atoms with Gasteiger partial charge in [-0.15, -0.1) is 11.3 Å². The van der Waals surface area contributed by atoms with E-state index in [4.69, 9.17) is 5.84 Å². The molecule has 1 aliphatic rings. The fraction of sp³-hybridized carbons (Fsp3) is 0.333. The minimum absolute atomic E-state index is 0.661. The van der Waals surface area contributed by atoms with Crippen LogP contribution in [0.25, 0.3) is 0 Å². The summed E-state index contributed by atoms with van der Waals surface area (Å²) in [5.74, 6) is 7.75. The van der Waals surface area contributed by atoms with E-state index in [1.54, 1.807) is 0 Å². The number of fused-ring (bicyclic) bond motifs is 1. The van der Waals surface area contributed by atoms with Gasteiger partial charge in [0, 0.05) is 24.0 Å². The minimum Gasteiger partial charge on any atom is -0.352 e. The molecule has 0 aliphatic carbocycles. The summed E-state index contributed by atoms with van der Waals surface area (Å²) >= 11 is 1.84. The van der Waals surface area contributed by atoms with Gasteiger partial charge in [-0.25, -0.2) is 15.8 Å². The fourth-order valence-corrected chi connectivity index (χ4v) is 3.12. The number of nitrogens with two attached hydrogens (primary N) is 1. The number of nitrogens with one attached hydrogen (secondary N) is 1. The van der Waals surface area contributed by atoms with Crippen LogP contribution >= 0.6 is 11.3 Å². The van der Waals surface area contributed by atoms with Crippen LogP contribution in [0.5, 0.6) is 0 Å². The molecule has 6 heteroatoms. The number of rotatable bonds is 2.